The van der Waals surface area contributed by atoms with Gasteiger partial charge in [0.25, 0.3) is 0 Å². The van der Waals surface area contributed by atoms with Crippen LogP contribution < -0.4 is 5.32 Å². The Hall–Kier alpha value is -0.180. The number of nitrogens with one attached hydrogen (secondary N) is 1. The number of thioether (sulfide) groups is 1. The molecule has 2 atom stereocenters. The molecule has 2 unspecified atom stereocenters. The van der Waals surface area contributed by atoms with E-state index in [4.69, 9.17) is 4.99 Å². The van der Waals surface area contributed by atoms with E-state index >= 15 is 0 Å². The van der Waals surface area contributed by atoms with Gasteiger partial charge in [-0.3, -0.25) is 4.99 Å². The van der Waals surface area contributed by atoms with Crippen LogP contribution in [0.15, 0.2) is 4.99 Å². The molecule has 80 valence electrons. The number of hydrogen-bond acceptors (Lipinski definition) is 2. The van der Waals surface area contributed by atoms with Gasteiger partial charge in [-0.1, -0.05) is 32.5 Å². The molecule has 1 aliphatic carbocycles. The van der Waals surface area contributed by atoms with Crippen molar-refractivity contribution in [3.8, 4) is 0 Å². The zero-order chi connectivity index (χ0) is 10.4. The predicted molar refractivity (Wildman–Crippen MR) is 63.9 cm³/mol. The normalized spacial score (nSPS) is 42.6. The summed E-state index contributed by atoms with van der Waals surface area (Å²) >= 11 is 1.88. The van der Waals surface area contributed by atoms with Gasteiger partial charge < -0.3 is 5.32 Å². The molecule has 0 aromatic carbocycles. The second-order valence-corrected chi connectivity index (χ2v) is 6.43. The Balaban J connectivity index is 1.96. The fraction of sp³-hybridized carbons (Fsp3) is 0.909. The minimum Gasteiger partial charge on any atom is -0.359 e. The zero-order valence-corrected chi connectivity index (χ0v) is 10.4. The van der Waals surface area contributed by atoms with Gasteiger partial charge in [0, 0.05) is 11.3 Å². The van der Waals surface area contributed by atoms with E-state index < -0.39 is 0 Å². The van der Waals surface area contributed by atoms with Gasteiger partial charge in [0.15, 0.2) is 5.17 Å². The van der Waals surface area contributed by atoms with Crippen molar-refractivity contribution < 1.29 is 0 Å². The maximum atomic E-state index is 4.75. The van der Waals surface area contributed by atoms with Crippen LogP contribution in [0.4, 0.5) is 0 Å². The van der Waals surface area contributed by atoms with E-state index in [1.54, 1.807) is 0 Å². The summed E-state index contributed by atoms with van der Waals surface area (Å²) in [5.74, 6) is 1.16. The van der Waals surface area contributed by atoms with Gasteiger partial charge in [-0.25, -0.2) is 0 Å². The predicted octanol–water partition coefficient (Wildman–Crippen LogP) is 2.65. The SMILES string of the molecule is CCC1(C)CSC(=NC2CC2(C)C)N1. The van der Waals surface area contributed by atoms with Crippen LogP contribution in [0.25, 0.3) is 0 Å². The fourth-order valence-electron chi connectivity index (χ4n) is 1.62. The summed E-state index contributed by atoms with van der Waals surface area (Å²) in [6.45, 7) is 9.10. The maximum absolute atomic E-state index is 4.75. The first kappa shape index (κ1) is 10.3. The summed E-state index contributed by atoms with van der Waals surface area (Å²) < 4.78 is 0. The topological polar surface area (TPSA) is 24.4 Å². The molecule has 1 aliphatic heterocycles. The molecule has 2 rings (SSSR count). The fourth-order valence-corrected chi connectivity index (χ4v) is 2.87. The van der Waals surface area contributed by atoms with Crippen LogP contribution in [0, 0.1) is 5.41 Å². The lowest BCUT2D eigenvalue weighted by Crippen LogP contribution is -2.39. The highest BCUT2D eigenvalue weighted by atomic mass is 32.2. The van der Waals surface area contributed by atoms with Crippen molar-refractivity contribution in [2.45, 2.75) is 52.1 Å². The summed E-state index contributed by atoms with van der Waals surface area (Å²) in [5, 5.41) is 4.71. The first-order valence-electron chi connectivity index (χ1n) is 5.44. The second kappa shape index (κ2) is 3.16. The lowest BCUT2D eigenvalue weighted by Gasteiger charge is -2.20. The first-order valence-corrected chi connectivity index (χ1v) is 6.42. The summed E-state index contributed by atoms with van der Waals surface area (Å²) in [6, 6.07) is 0.566. The van der Waals surface area contributed by atoms with Crippen LogP contribution in [-0.4, -0.2) is 22.5 Å². The van der Waals surface area contributed by atoms with E-state index in [0.717, 1.165) is 5.75 Å². The molecule has 1 heterocycles. The third-order valence-electron chi connectivity index (χ3n) is 3.45. The van der Waals surface area contributed by atoms with Crippen LogP contribution in [0.2, 0.25) is 0 Å². The molecule has 2 fully saturated rings. The number of hydrogen-bond donors (Lipinski definition) is 1. The Morgan fingerprint density at radius 1 is 1.50 bits per heavy atom. The third kappa shape index (κ3) is 1.92. The average molecular weight is 212 g/mol. The quantitative estimate of drug-likeness (QED) is 0.761. The van der Waals surface area contributed by atoms with Gasteiger partial charge in [-0.2, -0.15) is 0 Å². The van der Waals surface area contributed by atoms with Crippen LogP contribution in [0.5, 0.6) is 0 Å². The maximum Gasteiger partial charge on any atom is 0.157 e. The lowest BCUT2D eigenvalue weighted by molar-refractivity contribution is 0.465. The monoisotopic (exact) mass is 212 g/mol. The van der Waals surface area contributed by atoms with E-state index in [-0.39, 0.29) is 5.54 Å². The smallest absolute Gasteiger partial charge is 0.157 e. The number of nitrogens with zero attached hydrogens (tertiary/aromatic N) is 1. The molecule has 2 aliphatic rings. The van der Waals surface area contributed by atoms with Gasteiger partial charge in [-0.05, 0) is 25.2 Å². The van der Waals surface area contributed by atoms with E-state index in [1.165, 1.54) is 18.0 Å². The summed E-state index contributed by atoms with van der Waals surface area (Å²) in [4.78, 5) is 4.75. The van der Waals surface area contributed by atoms with Crippen molar-refractivity contribution >= 4 is 16.9 Å². The molecule has 0 spiro atoms. The van der Waals surface area contributed by atoms with Crippen LogP contribution in [-0.2, 0) is 0 Å². The Morgan fingerprint density at radius 3 is 2.57 bits per heavy atom. The molecule has 14 heavy (non-hydrogen) atoms. The Kier molecular flexibility index (Phi) is 2.33. The Morgan fingerprint density at radius 2 is 2.14 bits per heavy atom. The van der Waals surface area contributed by atoms with E-state index in [1.807, 2.05) is 11.8 Å². The average Bonchev–Trinajstić information content (AvgIpc) is 2.55. The number of amidine groups is 1. The van der Waals surface area contributed by atoms with Crippen LogP contribution in [0.1, 0.15) is 40.5 Å². The molecule has 0 radical (unpaired) electrons. The molecule has 0 aromatic heterocycles. The number of aliphatic imine (C=N–C) groups is 1. The van der Waals surface area contributed by atoms with Gasteiger partial charge in [0.2, 0.25) is 0 Å². The zero-order valence-electron chi connectivity index (χ0n) is 9.55. The van der Waals surface area contributed by atoms with Crippen molar-refractivity contribution in [2.75, 3.05) is 5.75 Å². The van der Waals surface area contributed by atoms with Gasteiger partial charge in [-0.15, -0.1) is 0 Å². The van der Waals surface area contributed by atoms with Gasteiger partial charge >= 0.3 is 0 Å². The minimum absolute atomic E-state index is 0.280. The summed E-state index contributed by atoms with van der Waals surface area (Å²) in [5.41, 5.74) is 0.739. The largest absolute Gasteiger partial charge is 0.359 e. The number of rotatable bonds is 2. The van der Waals surface area contributed by atoms with Crippen LogP contribution in [0.3, 0.4) is 0 Å². The minimum atomic E-state index is 0.280. The van der Waals surface area contributed by atoms with Crippen molar-refractivity contribution in [2.24, 2.45) is 10.4 Å². The molecule has 1 saturated carbocycles. The van der Waals surface area contributed by atoms with Crippen molar-refractivity contribution in [3.63, 3.8) is 0 Å². The van der Waals surface area contributed by atoms with E-state index in [2.05, 4.69) is 33.0 Å². The van der Waals surface area contributed by atoms with E-state index in [9.17, 15) is 0 Å². The molecule has 2 nitrogen and oxygen atoms in total. The Bertz CT molecular complexity index is 272. The second-order valence-electron chi connectivity index (χ2n) is 5.47. The lowest BCUT2D eigenvalue weighted by atomic mass is 10.0. The standard InChI is InChI=1S/C11H20N2S/c1-5-11(4)7-14-9(13-11)12-8-6-10(8,2)3/h8H,5-7H2,1-4H3,(H,12,13). The van der Waals surface area contributed by atoms with Gasteiger partial charge in [0.05, 0.1) is 6.04 Å². The van der Waals surface area contributed by atoms with Crippen molar-refractivity contribution in [1.29, 1.82) is 0 Å². The van der Waals surface area contributed by atoms with E-state index in [0.29, 0.717) is 11.5 Å². The molecule has 0 amide bonds. The highest BCUT2D eigenvalue weighted by Gasteiger charge is 2.46. The highest BCUT2D eigenvalue weighted by Crippen LogP contribution is 2.48. The highest BCUT2D eigenvalue weighted by molar-refractivity contribution is 8.14. The Labute approximate surface area is 90.9 Å². The molecule has 0 aromatic rings. The third-order valence-corrected chi connectivity index (χ3v) is 4.71. The molecular weight excluding hydrogens is 192 g/mol. The van der Waals surface area contributed by atoms with Crippen LogP contribution >= 0.6 is 11.8 Å². The van der Waals surface area contributed by atoms with Crippen molar-refractivity contribution in [1.82, 2.24) is 5.32 Å². The summed E-state index contributed by atoms with van der Waals surface area (Å²) in [7, 11) is 0. The molecule has 1 N–H and O–H groups in total. The first-order chi connectivity index (χ1) is 6.45. The summed E-state index contributed by atoms with van der Waals surface area (Å²) in [6.07, 6.45) is 2.43. The molecular formula is C11H20N2S. The molecule has 0 bridgehead atoms. The molecule has 3 heteroatoms. The van der Waals surface area contributed by atoms with Gasteiger partial charge in [0.1, 0.15) is 0 Å². The van der Waals surface area contributed by atoms with Crippen molar-refractivity contribution in [3.05, 3.63) is 0 Å². The molecule has 1 saturated heterocycles.